The first-order valence-corrected chi connectivity index (χ1v) is 8.77. The predicted molar refractivity (Wildman–Crippen MR) is 97.6 cm³/mol. The maximum absolute atomic E-state index is 9.56. The van der Waals surface area contributed by atoms with Gasteiger partial charge in [-0.25, -0.2) is 0 Å². The molecule has 0 fully saturated rings. The quantitative estimate of drug-likeness (QED) is 0.658. The van der Waals surface area contributed by atoms with Crippen LogP contribution >= 0.6 is 11.8 Å². The van der Waals surface area contributed by atoms with Crippen LogP contribution in [0, 0.1) is 22.7 Å². The Balaban J connectivity index is 1.97. The van der Waals surface area contributed by atoms with Crippen molar-refractivity contribution in [1.29, 1.82) is 10.5 Å². The first-order chi connectivity index (χ1) is 12.7. The highest BCUT2D eigenvalue weighted by Gasteiger charge is 2.25. The number of anilines is 2. The first-order valence-electron chi connectivity index (χ1n) is 7.95. The highest BCUT2D eigenvalue weighted by atomic mass is 32.2. The van der Waals surface area contributed by atoms with Crippen LogP contribution in [0.1, 0.15) is 17.5 Å². The summed E-state index contributed by atoms with van der Waals surface area (Å²) < 4.78 is 16.2. The van der Waals surface area contributed by atoms with Crippen LogP contribution in [-0.4, -0.2) is 27.1 Å². The minimum atomic E-state index is -0.390. The van der Waals surface area contributed by atoms with E-state index in [4.69, 9.17) is 14.2 Å². The number of nitriles is 2. The summed E-state index contributed by atoms with van der Waals surface area (Å²) in [4.78, 5) is 1.91. The van der Waals surface area contributed by atoms with Crippen molar-refractivity contribution in [3.8, 4) is 17.9 Å². The highest BCUT2D eigenvalue weighted by molar-refractivity contribution is 7.99. The average Bonchev–Trinajstić information content (AvgIpc) is 2.69. The van der Waals surface area contributed by atoms with Crippen LogP contribution in [0.5, 0.6) is 5.75 Å². The van der Waals surface area contributed by atoms with E-state index in [9.17, 15) is 10.5 Å². The van der Waals surface area contributed by atoms with Crippen molar-refractivity contribution in [3.05, 3.63) is 41.5 Å². The van der Waals surface area contributed by atoms with Gasteiger partial charge in [-0.2, -0.15) is 10.5 Å². The Hall–Kier alpha value is -2.71. The fourth-order valence-electron chi connectivity index (χ4n) is 2.68. The third kappa shape index (κ3) is 3.47. The average molecular weight is 367 g/mol. The fraction of sp³-hybridized carbons (Fsp3) is 0.263. The lowest BCUT2D eigenvalue weighted by molar-refractivity contribution is -0.110. The Bertz CT molecular complexity index is 898. The topological polar surface area (TPSA) is 87.3 Å². The zero-order chi connectivity index (χ0) is 18.5. The van der Waals surface area contributed by atoms with Crippen molar-refractivity contribution in [2.75, 3.05) is 26.1 Å². The van der Waals surface area contributed by atoms with E-state index in [0.717, 1.165) is 15.5 Å². The molecular formula is C19H17N3O3S. The summed E-state index contributed by atoms with van der Waals surface area (Å²) in [6.07, 6.45) is 0.103. The van der Waals surface area contributed by atoms with Gasteiger partial charge in [0.25, 0.3) is 0 Å². The molecule has 0 saturated heterocycles. The number of fused-ring (bicyclic) bond motifs is 2. The van der Waals surface area contributed by atoms with E-state index in [1.165, 1.54) is 0 Å². The van der Waals surface area contributed by atoms with Gasteiger partial charge in [0.15, 0.2) is 12.0 Å². The van der Waals surface area contributed by atoms with Crippen LogP contribution in [0.25, 0.3) is 0 Å². The standard InChI is InChI=1S/C19H17N3O3S/c1-23-17(24-2)7-8-25-19-13(11-21)12(10-20)9-16-18(19)22-14-5-3-4-6-15(14)26-16/h3-6,9,17,22H,7-8H2,1-2H3. The van der Waals surface area contributed by atoms with E-state index in [1.54, 1.807) is 32.0 Å². The molecule has 0 spiro atoms. The molecule has 0 radical (unpaired) electrons. The molecule has 1 N–H and O–H groups in total. The van der Waals surface area contributed by atoms with E-state index in [0.29, 0.717) is 23.4 Å². The molecule has 0 atom stereocenters. The molecule has 3 rings (SSSR count). The Morgan fingerprint density at radius 1 is 1.12 bits per heavy atom. The lowest BCUT2D eigenvalue weighted by atomic mass is 10.1. The van der Waals surface area contributed by atoms with Crippen LogP contribution in [0.3, 0.4) is 0 Å². The van der Waals surface area contributed by atoms with Crippen molar-refractivity contribution in [2.24, 2.45) is 0 Å². The molecule has 0 amide bonds. The molecule has 2 aromatic carbocycles. The molecule has 0 aliphatic carbocycles. The molecule has 0 bridgehead atoms. The summed E-state index contributed by atoms with van der Waals surface area (Å²) in [7, 11) is 3.12. The minimum Gasteiger partial charge on any atom is -0.490 e. The van der Waals surface area contributed by atoms with Crippen molar-refractivity contribution in [2.45, 2.75) is 22.5 Å². The molecule has 1 heterocycles. The van der Waals surface area contributed by atoms with E-state index >= 15 is 0 Å². The zero-order valence-electron chi connectivity index (χ0n) is 14.4. The summed E-state index contributed by atoms with van der Waals surface area (Å²) in [6.45, 7) is 0.288. The van der Waals surface area contributed by atoms with Crippen molar-refractivity contribution < 1.29 is 14.2 Å². The van der Waals surface area contributed by atoms with Gasteiger partial charge >= 0.3 is 0 Å². The molecule has 0 aromatic heterocycles. The van der Waals surface area contributed by atoms with E-state index in [-0.39, 0.29) is 12.2 Å². The second kappa shape index (κ2) is 8.11. The summed E-state index contributed by atoms with van der Waals surface area (Å²) in [6, 6.07) is 13.8. The number of hydrogen-bond donors (Lipinski definition) is 1. The largest absolute Gasteiger partial charge is 0.490 e. The van der Waals surface area contributed by atoms with Crippen LogP contribution in [0.15, 0.2) is 40.1 Å². The Kier molecular flexibility index (Phi) is 5.65. The summed E-state index contributed by atoms with van der Waals surface area (Å²) in [5, 5.41) is 22.3. The number of benzene rings is 2. The van der Waals surface area contributed by atoms with Crippen molar-refractivity contribution in [3.63, 3.8) is 0 Å². The first kappa shape index (κ1) is 18.1. The number of methoxy groups -OCH3 is 2. The summed E-state index contributed by atoms with van der Waals surface area (Å²) in [5.41, 5.74) is 2.17. The van der Waals surface area contributed by atoms with E-state index in [2.05, 4.69) is 17.5 Å². The second-order valence-electron chi connectivity index (χ2n) is 5.49. The number of nitrogens with zero attached hydrogens (tertiary/aromatic N) is 2. The molecule has 1 aliphatic heterocycles. The maximum Gasteiger partial charge on any atom is 0.163 e. The van der Waals surface area contributed by atoms with Crippen molar-refractivity contribution >= 4 is 23.1 Å². The number of nitrogens with one attached hydrogen (secondary N) is 1. The second-order valence-corrected chi connectivity index (χ2v) is 6.57. The monoisotopic (exact) mass is 367 g/mol. The van der Waals surface area contributed by atoms with Gasteiger partial charge in [0.1, 0.15) is 17.7 Å². The van der Waals surface area contributed by atoms with Crippen LogP contribution in [-0.2, 0) is 9.47 Å². The minimum absolute atomic E-state index is 0.227. The number of para-hydroxylation sites is 1. The third-order valence-corrected chi connectivity index (χ3v) is 5.09. The van der Waals surface area contributed by atoms with Gasteiger partial charge < -0.3 is 19.5 Å². The number of ether oxygens (including phenoxy) is 3. The molecule has 6 nitrogen and oxygen atoms in total. The van der Waals surface area contributed by atoms with Gasteiger partial charge in [-0.05, 0) is 18.2 Å². The summed E-state index contributed by atoms with van der Waals surface area (Å²) in [5.74, 6) is 0.384. The van der Waals surface area contributed by atoms with Crippen LogP contribution in [0.2, 0.25) is 0 Å². The Labute approximate surface area is 156 Å². The lowest BCUT2D eigenvalue weighted by Crippen LogP contribution is -2.17. The smallest absolute Gasteiger partial charge is 0.163 e. The predicted octanol–water partition coefficient (Wildman–Crippen LogP) is 4.03. The zero-order valence-corrected chi connectivity index (χ0v) is 15.2. The van der Waals surface area contributed by atoms with E-state index in [1.807, 2.05) is 24.3 Å². The molecule has 1 aliphatic rings. The molecule has 0 saturated carbocycles. The van der Waals surface area contributed by atoms with E-state index < -0.39 is 6.29 Å². The SMILES string of the molecule is COC(CCOc1c(C#N)c(C#N)cc2c1Nc1ccccc1S2)OC. The van der Waals surface area contributed by atoms with Gasteiger partial charge in [0, 0.05) is 30.4 Å². The lowest BCUT2D eigenvalue weighted by Gasteiger charge is -2.24. The molecular weight excluding hydrogens is 350 g/mol. The number of rotatable bonds is 6. The molecule has 7 heteroatoms. The Morgan fingerprint density at radius 3 is 2.58 bits per heavy atom. The third-order valence-electron chi connectivity index (χ3n) is 3.97. The highest BCUT2D eigenvalue weighted by Crippen LogP contribution is 2.49. The van der Waals surface area contributed by atoms with Gasteiger partial charge in [0.05, 0.1) is 23.5 Å². The van der Waals surface area contributed by atoms with Crippen molar-refractivity contribution in [1.82, 2.24) is 0 Å². The molecule has 2 aromatic rings. The molecule has 26 heavy (non-hydrogen) atoms. The van der Waals surface area contributed by atoms with Gasteiger partial charge in [0.2, 0.25) is 0 Å². The molecule has 0 unspecified atom stereocenters. The van der Waals surface area contributed by atoms with Crippen LogP contribution < -0.4 is 10.1 Å². The van der Waals surface area contributed by atoms with Gasteiger partial charge in [-0.3, -0.25) is 0 Å². The maximum atomic E-state index is 9.56. The normalized spacial score (nSPS) is 11.7. The van der Waals surface area contributed by atoms with Gasteiger partial charge in [-0.1, -0.05) is 23.9 Å². The summed E-state index contributed by atoms with van der Waals surface area (Å²) >= 11 is 1.54. The van der Waals surface area contributed by atoms with Gasteiger partial charge in [-0.15, -0.1) is 0 Å². The Morgan fingerprint density at radius 2 is 1.88 bits per heavy atom. The fourth-order valence-corrected chi connectivity index (χ4v) is 3.71. The number of hydrogen-bond acceptors (Lipinski definition) is 7. The van der Waals surface area contributed by atoms with Crippen LogP contribution in [0.4, 0.5) is 11.4 Å². The molecule has 132 valence electrons.